The molecular weight excluding hydrogens is 257 g/mol. The first-order chi connectivity index (χ1) is 9.08. The van der Waals surface area contributed by atoms with Crippen molar-refractivity contribution in [3.63, 3.8) is 0 Å². The summed E-state index contributed by atoms with van der Waals surface area (Å²) in [5.41, 5.74) is -0.763. The molecule has 1 aromatic rings. The Morgan fingerprint density at radius 3 is 2.74 bits per heavy atom. The maximum absolute atomic E-state index is 13.5. The largest absolute Gasteiger partial charge is 0.459 e. The standard InChI is InChI=1S/C12H12FNO5/c13-11-2-1-8(14(16)17)7-10(11)12(15)19-9-3-5-18-6-4-9/h1-2,7,9H,3-6H2. The van der Waals surface area contributed by atoms with E-state index in [2.05, 4.69) is 0 Å². The molecule has 102 valence electrons. The number of non-ortho nitro benzene ring substituents is 1. The second-order valence-corrected chi connectivity index (χ2v) is 4.14. The van der Waals surface area contributed by atoms with Crippen LogP contribution >= 0.6 is 0 Å². The summed E-state index contributed by atoms with van der Waals surface area (Å²) in [5.74, 6) is -1.71. The van der Waals surface area contributed by atoms with Gasteiger partial charge in [0.2, 0.25) is 0 Å². The van der Waals surface area contributed by atoms with Crippen molar-refractivity contribution in [3.8, 4) is 0 Å². The summed E-state index contributed by atoms with van der Waals surface area (Å²) in [6, 6.07) is 2.77. The zero-order valence-corrected chi connectivity index (χ0v) is 10.0. The zero-order chi connectivity index (χ0) is 13.8. The number of nitro groups is 1. The summed E-state index contributed by atoms with van der Waals surface area (Å²) >= 11 is 0. The van der Waals surface area contributed by atoms with Crippen LogP contribution in [0.25, 0.3) is 0 Å². The van der Waals surface area contributed by atoms with Crippen molar-refractivity contribution in [2.45, 2.75) is 18.9 Å². The lowest BCUT2D eigenvalue weighted by molar-refractivity contribution is -0.384. The highest BCUT2D eigenvalue weighted by molar-refractivity contribution is 5.90. The minimum atomic E-state index is -0.881. The highest BCUT2D eigenvalue weighted by atomic mass is 19.1. The summed E-state index contributed by atoms with van der Waals surface area (Å²) in [6.45, 7) is 0.963. The number of esters is 1. The molecule has 0 saturated carbocycles. The van der Waals surface area contributed by atoms with Gasteiger partial charge >= 0.3 is 5.97 Å². The molecule has 6 nitrogen and oxygen atoms in total. The lowest BCUT2D eigenvalue weighted by atomic mass is 10.1. The highest BCUT2D eigenvalue weighted by Crippen LogP contribution is 2.20. The number of hydrogen-bond donors (Lipinski definition) is 0. The van der Waals surface area contributed by atoms with Gasteiger partial charge < -0.3 is 9.47 Å². The molecule has 1 saturated heterocycles. The van der Waals surface area contributed by atoms with E-state index in [4.69, 9.17) is 9.47 Å². The molecule has 0 aliphatic carbocycles. The molecular formula is C12H12FNO5. The number of carbonyl (C=O) groups excluding carboxylic acids is 1. The van der Waals surface area contributed by atoms with E-state index in [0.29, 0.717) is 26.1 Å². The van der Waals surface area contributed by atoms with Crippen molar-refractivity contribution < 1.29 is 23.6 Å². The number of halogens is 1. The molecule has 1 fully saturated rings. The topological polar surface area (TPSA) is 78.7 Å². The lowest BCUT2D eigenvalue weighted by Gasteiger charge is -2.22. The van der Waals surface area contributed by atoms with Gasteiger partial charge in [-0.25, -0.2) is 9.18 Å². The molecule has 7 heteroatoms. The van der Waals surface area contributed by atoms with Crippen molar-refractivity contribution in [2.24, 2.45) is 0 Å². The van der Waals surface area contributed by atoms with Crippen LogP contribution in [0.4, 0.5) is 10.1 Å². The number of nitro benzene ring substituents is 1. The predicted octanol–water partition coefficient (Wildman–Crippen LogP) is 2.07. The minimum Gasteiger partial charge on any atom is -0.459 e. The Labute approximate surface area is 108 Å². The fourth-order valence-electron chi connectivity index (χ4n) is 1.79. The van der Waals surface area contributed by atoms with Gasteiger partial charge in [-0.3, -0.25) is 10.1 Å². The first-order valence-corrected chi connectivity index (χ1v) is 5.80. The fourth-order valence-corrected chi connectivity index (χ4v) is 1.79. The number of ether oxygens (including phenoxy) is 2. The van der Waals surface area contributed by atoms with Crippen molar-refractivity contribution in [3.05, 3.63) is 39.7 Å². The van der Waals surface area contributed by atoms with Gasteiger partial charge in [-0.15, -0.1) is 0 Å². The van der Waals surface area contributed by atoms with Gasteiger partial charge in [-0.05, 0) is 6.07 Å². The monoisotopic (exact) mass is 269 g/mol. The summed E-state index contributed by atoms with van der Waals surface area (Å²) in [7, 11) is 0. The van der Waals surface area contributed by atoms with Crippen LogP contribution in [0.1, 0.15) is 23.2 Å². The molecule has 0 atom stereocenters. The number of nitrogens with zero attached hydrogens (tertiary/aromatic N) is 1. The third-order valence-electron chi connectivity index (χ3n) is 2.82. The number of hydrogen-bond acceptors (Lipinski definition) is 5. The van der Waals surface area contributed by atoms with Crippen molar-refractivity contribution in [1.82, 2.24) is 0 Å². The molecule has 0 aromatic heterocycles. The van der Waals surface area contributed by atoms with E-state index in [0.717, 1.165) is 18.2 Å². The van der Waals surface area contributed by atoms with Crippen LogP contribution in [-0.2, 0) is 9.47 Å². The van der Waals surface area contributed by atoms with Gasteiger partial charge in [0, 0.05) is 25.0 Å². The molecule has 0 N–H and O–H groups in total. The molecule has 0 unspecified atom stereocenters. The van der Waals surface area contributed by atoms with Crippen LogP contribution in [0, 0.1) is 15.9 Å². The average Bonchev–Trinajstić information content (AvgIpc) is 2.40. The molecule has 0 amide bonds. The molecule has 1 aliphatic heterocycles. The van der Waals surface area contributed by atoms with Gasteiger partial charge in [0.15, 0.2) is 0 Å². The van der Waals surface area contributed by atoms with E-state index >= 15 is 0 Å². The number of carbonyl (C=O) groups is 1. The molecule has 1 aromatic carbocycles. The van der Waals surface area contributed by atoms with Crippen molar-refractivity contribution in [1.29, 1.82) is 0 Å². The quantitative estimate of drug-likeness (QED) is 0.477. The molecule has 0 bridgehead atoms. The SMILES string of the molecule is O=C(OC1CCOCC1)c1cc([N+](=O)[O-])ccc1F. The summed E-state index contributed by atoms with van der Waals surface area (Å²) in [4.78, 5) is 21.7. The number of rotatable bonds is 3. The Morgan fingerprint density at radius 2 is 2.11 bits per heavy atom. The van der Waals surface area contributed by atoms with Gasteiger partial charge in [0.25, 0.3) is 5.69 Å². The Kier molecular flexibility index (Phi) is 4.06. The van der Waals surface area contributed by atoms with Crippen molar-refractivity contribution >= 4 is 11.7 Å². The molecule has 0 spiro atoms. The summed E-state index contributed by atoms with van der Waals surface area (Å²) in [5, 5.41) is 10.6. The second kappa shape index (κ2) is 5.75. The maximum atomic E-state index is 13.5. The summed E-state index contributed by atoms with van der Waals surface area (Å²) in [6.07, 6.45) is 0.754. The maximum Gasteiger partial charge on any atom is 0.341 e. The highest BCUT2D eigenvalue weighted by Gasteiger charge is 2.23. The molecule has 1 heterocycles. The summed E-state index contributed by atoms with van der Waals surface area (Å²) < 4.78 is 23.7. The lowest BCUT2D eigenvalue weighted by Crippen LogP contribution is -2.26. The molecule has 2 rings (SSSR count). The van der Waals surface area contributed by atoms with E-state index in [1.54, 1.807) is 0 Å². The van der Waals surface area contributed by atoms with E-state index in [1.165, 1.54) is 0 Å². The average molecular weight is 269 g/mol. The predicted molar refractivity (Wildman–Crippen MR) is 62.3 cm³/mol. The van der Waals surface area contributed by atoms with E-state index < -0.39 is 22.3 Å². The van der Waals surface area contributed by atoms with E-state index in [9.17, 15) is 19.3 Å². The van der Waals surface area contributed by atoms with Gasteiger partial charge in [0.05, 0.1) is 18.1 Å². The van der Waals surface area contributed by atoms with Gasteiger partial charge in [-0.1, -0.05) is 0 Å². The molecule has 0 radical (unpaired) electrons. The van der Waals surface area contributed by atoms with Crippen LogP contribution < -0.4 is 0 Å². The first-order valence-electron chi connectivity index (χ1n) is 5.80. The van der Waals surface area contributed by atoms with Crippen molar-refractivity contribution in [2.75, 3.05) is 13.2 Å². The molecule has 1 aliphatic rings. The van der Waals surface area contributed by atoms with Crippen LogP contribution in [0.15, 0.2) is 18.2 Å². The Hall–Kier alpha value is -2.02. The third-order valence-corrected chi connectivity index (χ3v) is 2.82. The fraction of sp³-hybridized carbons (Fsp3) is 0.417. The van der Waals surface area contributed by atoms with E-state index in [-0.39, 0.29) is 11.8 Å². The Morgan fingerprint density at radius 1 is 1.42 bits per heavy atom. The molecule has 19 heavy (non-hydrogen) atoms. The normalized spacial score (nSPS) is 16.1. The van der Waals surface area contributed by atoms with Crippen LogP contribution in [0.2, 0.25) is 0 Å². The Bertz CT molecular complexity index is 499. The minimum absolute atomic E-state index is 0.333. The van der Waals surface area contributed by atoms with Crippen LogP contribution in [0.5, 0.6) is 0 Å². The third kappa shape index (κ3) is 3.25. The Balaban J connectivity index is 2.13. The van der Waals surface area contributed by atoms with E-state index in [1.807, 2.05) is 0 Å². The van der Waals surface area contributed by atoms with Crippen LogP contribution in [-0.4, -0.2) is 30.2 Å². The van der Waals surface area contributed by atoms with Gasteiger partial charge in [0.1, 0.15) is 17.5 Å². The smallest absolute Gasteiger partial charge is 0.341 e. The zero-order valence-electron chi connectivity index (χ0n) is 10.0. The van der Waals surface area contributed by atoms with Crippen LogP contribution in [0.3, 0.4) is 0 Å². The second-order valence-electron chi connectivity index (χ2n) is 4.14. The first kappa shape index (κ1) is 13.4. The number of benzene rings is 1. The van der Waals surface area contributed by atoms with Gasteiger partial charge in [-0.2, -0.15) is 0 Å².